The summed E-state index contributed by atoms with van der Waals surface area (Å²) in [5.74, 6) is 0.641. The highest BCUT2D eigenvalue weighted by molar-refractivity contribution is 5.66. The normalized spacial score (nSPS) is 15.2. The van der Waals surface area contributed by atoms with Gasteiger partial charge in [-0.2, -0.15) is 0 Å². The van der Waals surface area contributed by atoms with E-state index in [1.807, 2.05) is 12.1 Å². The highest BCUT2D eigenvalue weighted by Gasteiger charge is 2.09. The van der Waals surface area contributed by atoms with Crippen molar-refractivity contribution in [1.82, 2.24) is 10.2 Å². The van der Waals surface area contributed by atoms with E-state index in [4.69, 9.17) is 19.9 Å². The van der Waals surface area contributed by atoms with E-state index in [1.165, 1.54) is 0 Å². The first-order valence-electron chi connectivity index (χ1n) is 7.90. The molecule has 0 saturated carbocycles. The summed E-state index contributed by atoms with van der Waals surface area (Å²) in [6.45, 7) is 5.41. The Balaban J connectivity index is 1.50. The number of carbonyl (C=O) groups is 1. The van der Waals surface area contributed by atoms with Crippen molar-refractivity contribution in [3.8, 4) is 5.75 Å². The van der Waals surface area contributed by atoms with Gasteiger partial charge < -0.3 is 25.3 Å². The van der Waals surface area contributed by atoms with Crippen LogP contribution in [0.1, 0.15) is 12.0 Å². The number of morpholine rings is 1. The molecule has 1 fully saturated rings. The summed E-state index contributed by atoms with van der Waals surface area (Å²) in [4.78, 5) is 13.8. The SMILES string of the molecule is NCc1ccc(OCOC(=O)NCCCN2CCOCC2)cc1. The van der Waals surface area contributed by atoms with Crippen LogP contribution in [-0.2, 0) is 16.0 Å². The van der Waals surface area contributed by atoms with Gasteiger partial charge in [0, 0.05) is 26.2 Å². The highest BCUT2D eigenvalue weighted by Crippen LogP contribution is 2.11. The van der Waals surface area contributed by atoms with Crippen molar-refractivity contribution in [2.24, 2.45) is 5.73 Å². The fraction of sp³-hybridized carbons (Fsp3) is 0.562. The van der Waals surface area contributed by atoms with Crippen LogP contribution >= 0.6 is 0 Å². The van der Waals surface area contributed by atoms with E-state index in [-0.39, 0.29) is 6.79 Å². The Morgan fingerprint density at radius 2 is 2.00 bits per heavy atom. The zero-order valence-electron chi connectivity index (χ0n) is 13.3. The lowest BCUT2D eigenvalue weighted by Gasteiger charge is -2.26. The third-order valence-corrected chi connectivity index (χ3v) is 3.60. The fourth-order valence-corrected chi connectivity index (χ4v) is 2.24. The zero-order valence-corrected chi connectivity index (χ0v) is 13.3. The number of nitrogens with two attached hydrogens (primary N) is 1. The largest absolute Gasteiger partial charge is 0.457 e. The van der Waals surface area contributed by atoms with Crippen LogP contribution in [0.3, 0.4) is 0 Å². The van der Waals surface area contributed by atoms with Gasteiger partial charge in [-0.05, 0) is 30.7 Å². The summed E-state index contributed by atoms with van der Waals surface area (Å²) < 4.78 is 15.6. The number of hydrogen-bond acceptors (Lipinski definition) is 6. The average molecular weight is 323 g/mol. The molecule has 1 saturated heterocycles. The monoisotopic (exact) mass is 323 g/mol. The Kier molecular flexibility index (Phi) is 7.65. The molecule has 2 rings (SSSR count). The van der Waals surface area contributed by atoms with E-state index in [9.17, 15) is 4.79 Å². The summed E-state index contributed by atoms with van der Waals surface area (Å²) in [6.07, 6.45) is 0.418. The molecule has 7 nitrogen and oxygen atoms in total. The Morgan fingerprint density at radius 3 is 2.70 bits per heavy atom. The van der Waals surface area contributed by atoms with Gasteiger partial charge in [-0.15, -0.1) is 0 Å². The van der Waals surface area contributed by atoms with Gasteiger partial charge in [0.2, 0.25) is 6.79 Å². The van der Waals surface area contributed by atoms with E-state index in [0.717, 1.165) is 44.8 Å². The topological polar surface area (TPSA) is 86.0 Å². The Morgan fingerprint density at radius 1 is 1.26 bits per heavy atom. The predicted octanol–water partition coefficient (Wildman–Crippen LogP) is 0.930. The summed E-state index contributed by atoms with van der Waals surface area (Å²) >= 11 is 0. The van der Waals surface area contributed by atoms with Gasteiger partial charge in [0.25, 0.3) is 0 Å². The van der Waals surface area contributed by atoms with Crippen molar-refractivity contribution < 1.29 is 19.0 Å². The number of nitrogens with one attached hydrogen (secondary N) is 1. The Labute approximate surface area is 136 Å². The highest BCUT2D eigenvalue weighted by atomic mass is 16.7. The number of carbonyl (C=O) groups excluding carboxylic acids is 1. The number of hydrogen-bond donors (Lipinski definition) is 2. The first kappa shape index (κ1) is 17.5. The molecule has 0 bridgehead atoms. The van der Waals surface area contributed by atoms with Crippen LogP contribution in [-0.4, -0.2) is 57.2 Å². The lowest BCUT2D eigenvalue weighted by molar-refractivity contribution is 0.0369. The molecule has 0 aliphatic carbocycles. The van der Waals surface area contributed by atoms with E-state index in [0.29, 0.717) is 18.8 Å². The molecule has 1 aliphatic rings. The third-order valence-electron chi connectivity index (χ3n) is 3.60. The second-order valence-electron chi connectivity index (χ2n) is 5.28. The first-order chi connectivity index (χ1) is 11.3. The number of amides is 1. The molecule has 0 radical (unpaired) electrons. The van der Waals surface area contributed by atoms with E-state index >= 15 is 0 Å². The quantitative estimate of drug-likeness (QED) is 0.547. The molecular weight excluding hydrogens is 298 g/mol. The van der Waals surface area contributed by atoms with Gasteiger partial charge in [0.15, 0.2) is 0 Å². The molecule has 1 aromatic carbocycles. The van der Waals surface area contributed by atoms with Crippen LogP contribution in [0.2, 0.25) is 0 Å². The second-order valence-corrected chi connectivity index (χ2v) is 5.28. The number of ether oxygens (including phenoxy) is 3. The van der Waals surface area contributed by atoms with E-state index < -0.39 is 6.09 Å². The van der Waals surface area contributed by atoms with Gasteiger partial charge in [-0.1, -0.05) is 12.1 Å². The number of nitrogens with zero attached hydrogens (tertiary/aromatic N) is 1. The zero-order chi connectivity index (χ0) is 16.3. The second kappa shape index (κ2) is 10.0. The van der Waals surface area contributed by atoms with E-state index in [1.54, 1.807) is 12.1 Å². The average Bonchev–Trinajstić information content (AvgIpc) is 2.60. The van der Waals surface area contributed by atoms with Crippen LogP contribution in [0.4, 0.5) is 4.79 Å². The smallest absolute Gasteiger partial charge is 0.410 e. The molecule has 1 amide bonds. The molecule has 1 aliphatic heterocycles. The number of rotatable bonds is 8. The van der Waals surface area contributed by atoms with Crippen molar-refractivity contribution in [2.45, 2.75) is 13.0 Å². The molecule has 3 N–H and O–H groups in total. The molecule has 7 heteroatoms. The molecule has 0 spiro atoms. The standard InChI is InChI=1S/C16H25N3O4/c17-12-14-2-4-15(5-3-14)22-13-23-16(20)18-6-1-7-19-8-10-21-11-9-19/h2-5H,1,6-13,17H2,(H,18,20). The lowest BCUT2D eigenvalue weighted by atomic mass is 10.2. The van der Waals surface area contributed by atoms with Crippen molar-refractivity contribution in [1.29, 1.82) is 0 Å². The molecular formula is C16H25N3O4. The van der Waals surface area contributed by atoms with Crippen molar-refractivity contribution in [2.75, 3.05) is 46.2 Å². The summed E-state index contributed by atoms with van der Waals surface area (Å²) in [5, 5.41) is 2.71. The minimum absolute atomic E-state index is 0.114. The summed E-state index contributed by atoms with van der Waals surface area (Å²) in [7, 11) is 0. The third kappa shape index (κ3) is 6.85. The lowest BCUT2D eigenvalue weighted by Crippen LogP contribution is -2.38. The first-order valence-corrected chi connectivity index (χ1v) is 7.90. The molecule has 0 unspecified atom stereocenters. The number of benzene rings is 1. The number of alkyl carbamates (subject to hydrolysis) is 1. The van der Waals surface area contributed by atoms with Gasteiger partial charge in [0.05, 0.1) is 13.2 Å². The Hall–Kier alpha value is -1.83. The van der Waals surface area contributed by atoms with Crippen LogP contribution in [0.25, 0.3) is 0 Å². The van der Waals surface area contributed by atoms with Crippen LogP contribution in [0, 0.1) is 0 Å². The summed E-state index contributed by atoms with van der Waals surface area (Å²) in [6, 6.07) is 7.35. The molecule has 128 valence electrons. The van der Waals surface area contributed by atoms with Crippen molar-refractivity contribution in [3.05, 3.63) is 29.8 Å². The maximum absolute atomic E-state index is 11.5. The maximum atomic E-state index is 11.5. The molecule has 23 heavy (non-hydrogen) atoms. The van der Waals surface area contributed by atoms with Crippen LogP contribution in [0.5, 0.6) is 5.75 Å². The van der Waals surface area contributed by atoms with E-state index in [2.05, 4.69) is 10.2 Å². The van der Waals surface area contributed by atoms with Crippen LogP contribution < -0.4 is 15.8 Å². The van der Waals surface area contributed by atoms with Gasteiger partial charge in [-0.25, -0.2) is 4.79 Å². The molecule has 0 atom stereocenters. The molecule has 0 aromatic heterocycles. The van der Waals surface area contributed by atoms with Gasteiger partial charge >= 0.3 is 6.09 Å². The fourth-order valence-electron chi connectivity index (χ4n) is 2.24. The van der Waals surface area contributed by atoms with Crippen molar-refractivity contribution >= 4 is 6.09 Å². The maximum Gasteiger partial charge on any atom is 0.410 e. The van der Waals surface area contributed by atoms with Gasteiger partial charge in [0.1, 0.15) is 5.75 Å². The van der Waals surface area contributed by atoms with Crippen molar-refractivity contribution in [3.63, 3.8) is 0 Å². The van der Waals surface area contributed by atoms with Crippen LogP contribution in [0.15, 0.2) is 24.3 Å². The predicted molar refractivity (Wildman–Crippen MR) is 86.2 cm³/mol. The summed E-state index contributed by atoms with van der Waals surface area (Å²) in [5.41, 5.74) is 6.54. The minimum Gasteiger partial charge on any atom is -0.457 e. The molecule has 1 heterocycles. The van der Waals surface area contributed by atoms with Gasteiger partial charge in [-0.3, -0.25) is 4.90 Å². The Bertz CT molecular complexity index is 461. The minimum atomic E-state index is -0.467. The molecule has 1 aromatic rings.